The summed E-state index contributed by atoms with van der Waals surface area (Å²) >= 11 is 0. The molecule has 0 aliphatic carbocycles. The lowest BCUT2D eigenvalue weighted by molar-refractivity contribution is 0.00145. The number of hydrogen-bond donors (Lipinski definition) is 0. The molecule has 1 spiro atoms. The molecule has 132 valence electrons. The molecule has 0 N–H and O–H groups in total. The van der Waals surface area contributed by atoms with Crippen molar-refractivity contribution in [2.45, 2.75) is 33.1 Å². The van der Waals surface area contributed by atoms with E-state index >= 15 is 0 Å². The molecule has 0 unspecified atom stereocenters. The minimum Gasteiger partial charge on any atom is -0.493 e. The van der Waals surface area contributed by atoms with E-state index in [4.69, 9.17) is 4.74 Å². The van der Waals surface area contributed by atoms with E-state index in [1.165, 1.54) is 5.56 Å². The molecule has 0 saturated carbocycles. The number of para-hydroxylation sites is 1. The van der Waals surface area contributed by atoms with Crippen molar-refractivity contribution in [3.8, 4) is 5.75 Å². The summed E-state index contributed by atoms with van der Waals surface area (Å²) in [5.41, 5.74) is 1.40. The lowest BCUT2D eigenvalue weighted by Crippen LogP contribution is -2.65. The van der Waals surface area contributed by atoms with Crippen LogP contribution in [-0.2, 0) is 16.6 Å². The van der Waals surface area contributed by atoms with Gasteiger partial charge in [0.15, 0.2) is 0 Å². The van der Waals surface area contributed by atoms with Gasteiger partial charge in [0.1, 0.15) is 5.75 Å². The van der Waals surface area contributed by atoms with Crippen LogP contribution >= 0.6 is 0 Å². The lowest BCUT2D eigenvalue weighted by Gasteiger charge is -2.52. The molecule has 3 heterocycles. The van der Waals surface area contributed by atoms with Crippen LogP contribution in [-0.4, -0.2) is 49.8 Å². The van der Waals surface area contributed by atoms with Crippen LogP contribution < -0.4 is 4.74 Å². The molecule has 0 atom stereocenters. The Bertz CT molecular complexity index is 728. The molecular formula is C18H26N2O3S. The third kappa shape index (κ3) is 2.74. The summed E-state index contributed by atoms with van der Waals surface area (Å²) in [7, 11) is -3.32. The van der Waals surface area contributed by atoms with Crippen molar-refractivity contribution in [3.63, 3.8) is 0 Å². The molecule has 6 heteroatoms. The lowest BCUT2D eigenvalue weighted by atomic mass is 9.75. The Hall–Kier alpha value is -1.11. The quantitative estimate of drug-likeness (QED) is 0.822. The van der Waals surface area contributed by atoms with Gasteiger partial charge >= 0.3 is 0 Å². The minimum absolute atomic E-state index is 0.0452. The third-order valence-electron chi connectivity index (χ3n) is 5.82. The maximum atomic E-state index is 12.9. The van der Waals surface area contributed by atoms with Gasteiger partial charge in [-0.05, 0) is 36.3 Å². The average Bonchev–Trinajstić information content (AvgIpc) is 2.51. The van der Waals surface area contributed by atoms with E-state index < -0.39 is 10.2 Å². The van der Waals surface area contributed by atoms with Crippen LogP contribution in [0.15, 0.2) is 24.3 Å². The van der Waals surface area contributed by atoms with Gasteiger partial charge in [-0.1, -0.05) is 32.0 Å². The van der Waals surface area contributed by atoms with Crippen LogP contribution in [0.2, 0.25) is 0 Å². The van der Waals surface area contributed by atoms with E-state index in [-0.39, 0.29) is 10.8 Å². The first kappa shape index (κ1) is 16.4. The number of piperidine rings is 1. The van der Waals surface area contributed by atoms with E-state index in [2.05, 4.69) is 19.9 Å². The Morgan fingerprint density at radius 2 is 1.71 bits per heavy atom. The summed E-state index contributed by atoms with van der Waals surface area (Å²) in [5, 5.41) is 0. The normalized spacial score (nSPS) is 26.4. The van der Waals surface area contributed by atoms with E-state index in [9.17, 15) is 8.42 Å². The molecule has 24 heavy (non-hydrogen) atoms. The van der Waals surface area contributed by atoms with Crippen molar-refractivity contribution in [2.75, 3.05) is 32.8 Å². The van der Waals surface area contributed by atoms with Crippen molar-refractivity contribution in [3.05, 3.63) is 29.8 Å². The first-order chi connectivity index (χ1) is 11.3. The molecule has 1 aromatic rings. The van der Waals surface area contributed by atoms with E-state index in [1.807, 2.05) is 18.2 Å². The standard InChI is InChI=1S/C18H26N2O3S/c1-17(2)7-9-19(10-8-17)24(21,22)20-12-18(13-20)11-15-5-3-4-6-16(15)23-14-18/h3-6H,7-14H2,1-2H3. The van der Waals surface area contributed by atoms with Crippen molar-refractivity contribution < 1.29 is 13.2 Å². The van der Waals surface area contributed by atoms with Gasteiger partial charge < -0.3 is 4.74 Å². The monoisotopic (exact) mass is 350 g/mol. The first-order valence-electron chi connectivity index (χ1n) is 8.76. The molecule has 0 bridgehead atoms. The smallest absolute Gasteiger partial charge is 0.282 e. The fourth-order valence-electron chi connectivity index (χ4n) is 4.03. The van der Waals surface area contributed by atoms with E-state index in [0.29, 0.717) is 32.8 Å². The Kier molecular flexibility index (Phi) is 3.71. The second-order valence-electron chi connectivity index (χ2n) is 8.41. The summed E-state index contributed by atoms with van der Waals surface area (Å²) in [5.74, 6) is 0.947. The molecule has 5 nitrogen and oxygen atoms in total. The predicted molar refractivity (Wildman–Crippen MR) is 93.2 cm³/mol. The zero-order chi connectivity index (χ0) is 17.0. The number of fused-ring (bicyclic) bond motifs is 1. The number of hydrogen-bond acceptors (Lipinski definition) is 3. The number of benzene rings is 1. The minimum atomic E-state index is -3.32. The fourth-order valence-corrected chi connectivity index (χ4v) is 5.87. The second kappa shape index (κ2) is 5.44. The molecule has 1 aromatic carbocycles. The second-order valence-corrected chi connectivity index (χ2v) is 10.3. The van der Waals surface area contributed by atoms with Crippen LogP contribution in [0.4, 0.5) is 0 Å². The van der Waals surface area contributed by atoms with Crippen molar-refractivity contribution in [1.29, 1.82) is 0 Å². The maximum Gasteiger partial charge on any atom is 0.282 e. The van der Waals surface area contributed by atoms with Gasteiger partial charge in [-0.2, -0.15) is 17.0 Å². The molecule has 2 fully saturated rings. The van der Waals surface area contributed by atoms with Gasteiger partial charge in [-0.25, -0.2) is 0 Å². The molecule has 3 aliphatic rings. The van der Waals surface area contributed by atoms with Crippen LogP contribution in [0.25, 0.3) is 0 Å². The number of rotatable bonds is 2. The number of nitrogens with zero attached hydrogens (tertiary/aromatic N) is 2. The molecule has 2 saturated heterocycles. The summed E-state index contributed by atoms with van der Waals surface area (Å²) in [6, 6.07) is 8.07. The summed E-state index contributed by atoms with van der Waals surface area (Å²) in [6.07, 6.45) is 2.77. The van der Waals surface area contributed by atoms with Gasteiger partial charge in [0.05, 0.1) is 6.61 Å². The highest BCUT2D eigenvalue weighted by Gasteiger charge is 2.52. The highest BCUT2D eigenvalue weighted by Crippen LogP contribution is 2.43. The molecular weight excluding hydrogens is 324 g/mol. The van der Waals surface area contributed by atoms with E-state index in [1.54, 1.807) is 8.61 Å². The molecule has 0 aromatic heterocycles. The summed E-state index contributed by atoms with van der Waals surface area (Å²) in [4.78, 5) is 0. The highest BCUT2D eigenvalue weighted by molar-refractivity contribution is 7.86. The topological polar surface area (TPSA) is 49.9 Å². The van der Waals surface area contributed by atoms with Gasteiger partial charge in [0.2, 0.25) is 0 Å². The van der Waals surface area contributed by atoms with E-state index in [0.717, 1.165) is 25.0 Å². The molecule has 0 radical (unpaired) electrons. The van der Waals surface area contributed by atoms with Crippen molar-refractivity contribution in [1.82, 2.24) is 8.61 Å². The highest BCUT2D eigenvalue weighted by atomic mass is 32.2. The predicted octanol–water partition coefficient (Wildman–Crippen LogP) is 2.29. The number of ether oxygens (including phenoxy) is 1. The van der Waals surface area contributed by atoms with Gasteiger partial charge in [-0.15, -0.1) is 0 Å². The Morgan fingerprint density at radius 1 is 1.04 bits per heavy atom. The maximum absolute atomic E-state index is 12.9. The molecule has 4 rings (SSSR count). The Morgan fingerprint density at radius 3 is 2.42 bits per heavy atom. The third-order valence-corrected chi connectivity index (χ3v) is 7.75. The van der Waals surface area contributed by atoms with Crippen molar-refractivity contribution >= 4 is 10.2 Å². The molecule has 0 amide bonds. The molecule has 3 aliphatic heterocycles. The van der Waals surface area contributed by atoms with Crippen LogP contribution in [0.5, 0.6) is 5.75 Å². The fraction of sp³-hybridized carbons (Fsp3) is 0.667. The van der Waals surface area contributed by atoms with Crippen LogP contribution in [0.1, 0.15) is 32.3 Å². The summed E-state index contributed by atoms with van der Waals surface area (Å²) < 4.78 is 34.9. The van der Waals surface area contributed by atoms with Gasteiger partial charge in [0, 0.05) is 31.6 Å². The average molecular weight is 350 g/mol. The van der Waals surface area contributed by atoms with Crippen LogP contribution in [0, 0.1) is 10.8 Å². The van der Waals surface area contributed by atoms with Crippen molar-refractivity contribution in [2.24, 2.45) is 10.8 Å². The Balaban J connectivity index is 1.42. The van der Waals surface area contributed by atoms with Gasteiger partial charge in [-0.3, -0.25) is 0 Å². The van der Waals surface area contributed by atoms with Gasteiger partial charge in [0.25, 0.3) is 10.2 Å². The zero-order valence-electron chi connectivity index (χ0n) is 14.5. The Labute approximate surface area is 144 Å². The summed E-state index contributed by atoms with van der Waals surface area (Å²) in [6.45, 7) is 7.46. The zero-order valence-corrected chi connectivity index (χ0v) is 15.3. The van der Waals surface area contributed by atoms with Crippen LogP contribution in [0.3, 0.4) is 0 Å². The SMILES string of the molecule is CC1(C)CCN(S(=O)(=O)N2CC3(COc4ccccc4C3)C2)CC1. The first-order valence-corrected chi connectivity index (χ1v) is 10.2. The largest absolute Gasteiger partial charge is 0.493 e.